The lowest BCUT2D eigenvalue weighted by molar-refractivity contribution is -0.156. The van der Waals surface area contributed by atoms with E-state index in [4.69, 9.17) is 0 Å². The minimum Gasteiger partial charge on any atom is -0.481 e. The Morgan fingerprint density at radius 3 is 2.75 bits per heavy atom. The minimum absolute atomic E-state index is 0.329. The first kappa shape index (κ1) is 13.5. The molecule has 1 aliphatic carbocycles. The van der Waals surface area contributed by atoms with Crippen LogP contribution in [0.4, 0.5) is 0 Å². The third-order valence-electron chi connectivity index (χ3n) is 3.86. The van der Waals surface area contributed by atoms with Crippen LogP contribution in [-0.2, 0) is 11.3 Å². The Bertz CT molecular complexity index is 651. The lowest BCUT2D eigenvalue weighted by Gasteiger charge is -2.37. The molecule has 2 aromatic rings. The maximum atomic E-state index is 11.5. The van der Waals surface area contributed by atoms with Crippen molar-refractivity contribution in [2.24, 2.45) is 5.41 Å². The van der Waals surface area contributed by atoms with Crippen molar-refractivity contribution in [1.29, 1.82) is 0 Å². The zero-order chi connectivity index (χ0) is 14.2. The zero-order valence-electron chi connectivity index (χ0n) is 10.7. The van der Waals surface area contributed by atoms with Crippen molar-refractivity contribution in [2.45, 2.75) is 25.8 Å². The van der Waals surface area contributed by atoms with Crippen LogP contribution in [0.25, 0.3) is 11.4 Å². The van der Waals surface area contributed by atoms with Crippen molar-refractivity contribution in [3.05, 3.63) is 27.8 Å². The number of hydrogen-bond acceptors (Lipinski definition) is 4. The molecule has 0 unspecified atom stereocenters. The number of carboxylic acid groups (broad SMARTS) is 1. The van der Waals surface area contributed by atoms with Crippen molar-refractivity contribution in [3.63, 3.8) is 0 Å². The van der Waals surface area contributed by atoms with Gasteiger partial charge in [0.25, 0.3) is 0 Å². The van der Waals surface area contributed by atoms with Gasteiger partial charge in [0.15, 0.2) is 5.82 Å². The fourth-order valence-electron chi connectivity index (χ4n) is 2.48. The average molecular weight is 384 g/mol. The Kier molecular flexibility index (Phi) is 3.45. The van der Waals surface area contributed by atoms with Gasteiger partial charge in [-0.05, 0) is 51.9 Å². The van der Waals surface area contributed by atoms with E-state index in [1.165, 1.54) is 0 Å². The quantitative estimate of drug-likeness (QED) is 0.818. The predicted octanol–water partition coefficient (Wildman–Crippen LogP) is 2.20. The highest BCUT2D eigenvalue weighted by molar-refractivity contribution is 14.1. The van der Waals surface area contributed by atoms with Crippen LogP contribution in [0.1, 0.15) is 19.3 Å². The highest BCUT2D eigenvalue weighted by Crippen LogP contribution is 2.43. The number of nitrogens with zero attached hydrogens (tertiary/aromatic N) is 4. The maximum Gasteiger partial charge on any atom is 0.311 e. The van der Waals surface area contributed by atoms with Gasteiger partial charge in [-0.25, -0.2) is 4.68 Å². The Hall–Kier alpha value is -1.51. The van der Waals surface area contributed by atoms with Crippen molar-refractivity contribution in [2.75, 3.05) is 0 Å². The second-order valence-electron chi connectivity index (χ2n) is 5.08. The molecule has 3 rings (SSSR count). The summed E-state index contributed by atoms with van der Waals surface area (Å²) in [7, 11) is 0. The first-order valence-corrected chi connectivity index (χ1v) is 7.45. The molecule has 1 fully saturated rings. The summed E-state index contributed by atoms with van der Waals surface area (Å²) in [4.78, 5) is 11.5. The monoisotopic (exact) mass is 384 g/mol. The van der Waals surface area contributed by atoms with E-state index >= 15 is 0 Å². The predicted molar refractivity (Wildman–Crippen MR) is 79.9 cm³/mol. The average Bonchev–Trinajstić information content (AvgIpc) is 2.81. The van der Waals surface area contributed by atoms with Gasteiger partial charge < -0.3 is 5.11 Å². The number of aliphatic carboxylic acids is 1. The lowest BCUT2D eigenvalue weighted by Crippen LogP contribution is -2.42. The van der Waals surface area contributed by atoms with Crippen molar-refractivity contribution in [3.8, 4) is 11.4 Å². The fraction of sp³-hybridized carbons (Fsp3) is 0.385. The van der Waals surface area contributed by atoms with Gasteiger partial charge in [0.1, 0.15) is 0 Å². The first-order valence-electron chi connectivity index (χ1n) is 6.37. The number of carboxylic acids is 1. The van der Waals surface area contributed by atoms with E-state index in [2.05, 4.69) is 38.1 Å². The van der Waals surface area contributed by atoms with E-state index in [-0.39, 0.29) is 0 Å². The summed E-state index contributed by atoms with van der Waals surface area (Å²) in [6.45, 7) is 0.329. The third-order valence-corrected chi connectivity index (χ3v) is 4.80. The number of aromatic nitrogens is 4. The highest BCUT2D eigenvalue weighted by Gasteiger charge is 2.45. The number of carbonyl (C=O) groups is 1. The summed E-state index contributed by atoms with van der Waals surface area (Å²) in [5.74, 6) is -0.129. The number of rotatable bonds is 4. The summed E-state index contributed by atoms with van der Waals surface area (Å²) in [6.07, 6.45) is 2.33. The zero-order valence-corrected chi connectivity index (χ0v) is 12.8. The van der Waals surface area contributed by atoms with Gasteiger partial charge in [-0.15, -0.1) is 5.10 Å². The molecule has 20 heavy (non-hydrogen) atoms. The van der Waals surface area contributed by atoms with Crippen LogP contribution >= 0.6 is 22.6 Å². The minimum atomic E-state index is -0.757. The molecular weight excluding hydrogens is 371 g/mol. The van der Waals surface area contributed by atoms with E-state index in [9.17, 15) is 9.90 Å². The van der Waals surface area contributed by atoms with Gasteiger partial charge in [-0.1, -0.05) is 24.6 Å². The Morgan fingerprint density at radius 1 is 1.40 bits per heavy atom. The maximum absolute atomic E-state index is 11.5. The summed E-state index contributed by atoms with van der Waals surface area (Å²) < 4.78 is 2.66. The number of tetrazole rings is 1. The molecule has 6 nitrogen and oxygen atoms in total. The van der Waals surface area contributed by atoms with Crippen LogP contribution in [-0.4, -0.2) is 31.3 Å². The Labute approximate surface area is 129 Å². The molecular formula is C13H13IN4O2. The van der Waals surface area contributed by atoms with Crippen LogP contribution in [0.2, 0.25) is 0 Å². The van der Waals surface area contributed by atoms with E-state index in [1.54, 1.807) is 4.68 Å². The van der Waals surface area contributed by atoms with Gasteiger partial charge in [0, 0.05) is 9.13 Å². The van der Waals surface area contributed by atoms with Gasteiger partial charge in [0.05, 0.1) is 12.0 Å². The molecule has 1 aromatic heterocycles. The molecule has 1 N–H and O–H groups in total. The number of benzene rings is 1. The molecule has 104 valence electrons. The van der Waals surface area contributed by atoms with Crippen molar-refractivity contribution < 1.29 is 9.90 Å². The standard InChI is InChI=1S/C13H13IN4O2/c14-10-5-2-1-4-9(10)11-15-16-17-18(11)8-13(12(19)20)6-3-7-13/h1-2,4-5H,3,6-8H2,(H,19,20). The molecule has 7 heteroatoms. The SMILES string of the molecule is O=C(O)C1(Cn2nnnc2-c2ccccc2I)CCC1. The summed E-state index contributed by atoms with van der Waals surface area (Å²) in [5.41, 5.74) is 0.225. The Morgan fingerprint density at radius 2 is 2.15 bits per heavy atom. The lowest BCUT2D eigenvalue weighted by atomic mass is 9.69. The largest absolute Gasteiger partial charge is 0.481 e. The van der Waals surface area contributed by atoms with Crippen LogP contribution < -0.4 is 0 Å². The fourth-order valence-corrected chi connectivity index (χ4v) is 3.11. The normalized spacial score (nSPS) is 16.6. The molecule has 0 radical (unpaired) electrons. The van der Waals surface area contributed by atoms with Crippen LogP contribution in [0.5, 0.6) is 0 Å². The summed E-state index contributed by atoms with van der Waals surface area (Å²) in [6, 6.07) is 7.79. The number of hydrogen-bond donors (Lipinski definition) is 1. The molecule has 1 aromatic carbocycles. The second kappa shape index (κ2) is 5.12. The molecule has 0 aliphatic heterocycles. The molecule has 0 spiro atoms. The first-order chi connectivity index (χ1) is 9.62. The van der Waals surface area contributed by atoms with Crippen LogP contribution in [0.15, 0.2) is 24.3 Å². The smallest absolute Gasteiger partial charge is 0.311 e. The number of halogens is 1. The van der Waals surface area contributed by atoms with Gasteiger partial charge in [0.2, 0.25) is 0 Å². The summed E-state index contributed by atoms with van der Waals surface area (Å²) in [5, 5.41) is 21.1. The molecule has 0 saturated heterocycles. The van der Waals surface area contributed by atoms with Crippen LogP contribution in [0, 0.1) is 8.99 Å². The Balaban J connectivity index is 1.95. The van der Waals surface area contributed by atoms with Gasteiger partial charge in [-0.2, -0.15) is 0 Å². The van der Waals surface area contributed by atoms with Crippen molar-refractivity contribution in [1.82, 2.24) is 20.2 Å². The van der Waals surface area contributed by atoms with E-state index in [0.29, 0.717) is 25.2 Å². The van der Waals surface area contributed by atoms with Crippen LogP contribution in [0.3, 0.4) is 0 Å². The van der Waals surface area contributed by atoms with Gasteiger partial charge in [-0.3, -0.25) is 4.79 Å². The molecule has 0 bridgehead atoms. The van der Waals surface area contributed by atoms with Crippen molar-refractivity contribution >= 4 is 28.6 Å². The van der Waals surface area contributed by atoms with E-state index in [0.717, 1.165) is 15.6 Å². The van der Waals surface area contributed by atoms with Gasteiger partial charge >= 0.3 is 5.97 Å². The highest BCUT2D eigenvalue weighted by atomic mass is 127. The molecule has 0 atom stereocenters. The third kappa shape index (κ3) is 2.19. The molecule has 0 amide bonds. The van der Waals surface area contributed by atoms with E-state index in [1.807, 2.05) is 24.3 Å². The second-order valence-corrected chi connectivity index (χ2v) is 6.24. The molecule has 1 aliphatic rings. The molecule has 1 saturated carbocycles. The van der Waals surface area contributed by atoms with E-state index < -0.39 is 11.4 Å². The topological polar surface area (TPSA) is 80.9 Å². The molecule has 1 heterocycles. The summed E-state index contributed by atoms with van der Waals surface area (Å²) >= 11 is 2.23.